The highest BCUT2D eigenvalue weighted by Gasteiger charge is 2.21. The van der Waals surface area contributed by atoms with Crippen molar-refractivity contribution in [1.82, 2.24) is 20.4 Å². The predicted molar refractivity (Wildman–Crippen MR) is 103 cm³/mol. The maximum absolute atomic E-state index is 12.5. The lowest BCUT2D eigenvalue weighted by Gasteiger charge is -2.15. The summed E-state index contributed by atoms with van der Waals surface area (Å²) in [6.45, 7) is 6.05. The SMILES string of the molecule is CC(C)c1[nH]nc(C(=O)NCc2cccc(C(=O)N3CCCC3)c2)c1Br. The average Bonchev–Trinajstić information content (AvgIpc) is 3.29. The summed E-state index contributed by atoms with van der Waals surface area (Å²) >= 11 is 3.44. The second-order valence-electron chi connectivity index (χ2n) is 6.84. The zero-order valence-electron chi connectivity index (χ0n) is 15.0. The minimum absolute atomic E-state index is 0.0623. The van der Waals surface area contributed by atoms with Crippen molar-refractivity contribution in [3.63, 3.8) is 0 Å². The van der Waals surface area contributed by atoms with E-state index in [1.807, 2.05) is 43.0 Å². The standard InChI is InChI=1S/C19H23BrN4O2/c1-12(2)16-15(20)17(23-22-16)18(25)21-11-13-6-5-7-14(10-13)19(26)24-8-3-4-9-24/h5-7,10,12H,3-4,8-9,11H2,1-2H3,(H,21,25)(H,22,23). The minimum atomic E-state index is -0.253. The van der Waals surface area contributed by atoms with E-state index in [0.717, 1.165) is 37.2 Å². The number of rotatable bonds is 5. The Labute approximate surface area is 161 Å². The van der Waals surface area contributed by atoms with Gasteiger partial charge in [0.15, 0.2) is 5.69 Å². The van der Waals surface area contributed by atoms with Crippen molar-refractivity contribution in [2.24, 2.45) is 0 Å². The third-order valence-corrected chi connectivity index (χ3v) is 5.35. The Morgan fingerprint density at radius 1 is 1.31 bits per heavy atom. The summed E-state index contributed by atoms with van der Waals surface area (Å²) in [4.78, 5) is 26.8. The average molecular weight is 419 g/mol. The molecule has 2 amide bonds. The number of hydrogen-bond acceptors (Lipinski definition) is 3. The van der Waals surface area contributed by atoms with Crippen LogP contribution in [0.15, 0.2) is 28.7 Å². The van der Waals surface area contributed by atoms with Gasteiger partial charge in [0.25, 0.3) is 11.8 Å². The fourth-order valence-corrected chi connectivity index (χ4v) is 3.87. The Morgan fingerprint density at radius 2 is 2.04 bits per heavy atom. The van der Waals surface area contributed by atoms with E-state index in [0.29, 0.717) is 22.3 Å². The molecule has 0 atom stereocenters. The van der Waals surface area contributed by atoms with Crippen LogP contribution in [0.2, 0.25) is 0 Å². The maximum Gasteiger partial charge on any atom is 0.273 e. The van der Waals surface area contributed by atoms with E-state index in [1.54, 1.807) is 0 Å². The molecule has 7 heteroatoms. The number of likely N-dealkylation sites (tertiary alicyclic amines) is 1. The van der Waals surface area contributed by atoms with Gasteiger partial charge in [-0.05, 0) is 52.4 Å². The molecule has 0 spiro atoms. The van der Waals surface area contributed by atoms with Crippen LogP contribution in [0.4, 0.5) is 0 Å². The summed E-state index contributed by atoms with van der Waals surface area (Å²) in [6.07, 6.45) is 2.14. The lowest BCUT2D eigenvalue weighted by molar-refractivity contribution is 0.0792. The van der Waals surface area contributed by atoms with Gasteiger partial charge < -0.3 is 10.2 Å². The van der Waals surface area contributed by atoms with Crippen molar-refractivity contribution in [3.8, 4) is 0 Å². The molecule has 6 nitrogen and oxygen atoms in total. The van der Waals surface area contributed by atoms with Crippen molar-refractivity contribution in [2.45, 2.75) is 39.2 Å². The Bertz CT molecular complexity index is 810. The van der Waals surface area contributed by atoms with E-state index in [1.165, 1.54) is 0 Å². The fraction of sp³-hybridized carbons (Fsp3) is 0.421. The van der Waals surface area contributed by atoms with Gasteiger partial charge in [0.2, 0.25) is 0 Å². The van der Waals surface area contributed by atoms with Gasteiger partial charge in [-0.1, -0.05) is 26.0 Å². The summed E-state index contributed by atoms with van der Waals surface area (Å²) in [6, 6.07) is 7.43. The van der Waals surface area contributed by atoms with Crippen LogP contribution in [0.1, 0.15) is 64.7 Å². The quantitative estimate of drug-likeness (QED) is 0.779. The third kappa shape index (κ3) is 3.98. The van der Waals surface area contributed by atoms with Crippen LogP contribution in [0.25, 0.3) is 0 Å². The number of nitrogens with zero attached hydrogens (tertiary/aromatic N) is 2. The van der Waals surface area contributed by atoms with E-state index in [-0.39, 0.29) is 17.7 Å². The Balaban J connectivity index is 1.65. The second kappa shape index (κ2) is 8.03. The van der Waals surface area contributed by atoms with Crippen LogP contribution in [-0.4, -0.2) is 40.0 Å². The van der Waals surface area contributed by atoms with Gasteiger partial charge in [-0.25, -0.2) is 0 Å². The molecule has 0 radical (unpaired) electrons. The maximum atomic E-state index is 12.5. The number of aromatic nitrogens is 2. The lowest BCUT2D eigenvalue weighted by atomic mass is 10.1. The van der Waals surface area contributed by atoms with E-state index in [9.17, 15) is 9.59 Å². The number of nitrogens with one attached hydrogen (secondary N) is 2. The molecule has 0 unspecified atom stereocenters. The molecular weight excluding hydrogens is 396 g/mol. The van der Waals surface area contributed by atoms with Crippen LogP contribution in [0.3, 0.4) is 0 Å². The van der Waals surface area contributed by atoms with Crippen molar-refractivity contribution in [1.29, 1.82) is 0 Å². The number of carbonyl (C=O) groups is 2. The summed E-state index contributed by atoms with van der Waals surface area (Å²) < 4.78 is 0.697. The molecule has 26 heavy (non-hydrogen) atoms. The largest absolute Gasteiger partial charge is 0.347 e. The summed E-state index contributed by atoms with van der Waals surface area (Å²) in [5, 5.41) is 9.87. The van der Waals surface area contributed by atoms with E-state index in [2.05, 4.69) is 31.4 Å². The number of carbonyl (C=O) groups excluding carboxylic acids is 2. The van der Waals surface area contributed by atoms with Gasteiger partial charge in [-0.2, -0.15) is 5.10 Å². The Morgan fingerprint density at radius 3 is 2.69 bits per heavy atom. The molecule has 2 heterocycles. The van der Waals surface area contributed by atoms with Crippen LogP contribution >= 0.6 is 15.9 Å². The summed E-state index contributed by atoms with van der Waals surface area (Å²) in [5.41, 5.74) is 2.80. The highest BCUT2D eigenvalue weighted by molar-refractivity contribution is 9.10. The van der Waals surface area contributed by atoms with Gasteiger partial charge in [0.05, 0.1) is 10.2 Å². The van der Waals surface area contributed by atoms with Gasteiger partial charge in [-0.3, -0.25) is 14.7 Å². The monoisotopic (exact) mass is 418 g/mol. The first-order chi connectivity index (χ1) is 12.5. The third-order valence-electron chi connectivity index (χ3n) is 4.55. The van der Waals surface area contributed by atoms with Gasteiger partial charge in [-0.15, -0.1) is 0 Å². The van der Waals surface area contributed by atoms with E-state index in [4.69, 9.17) is 0 Å². The molecule has 0 aliphatic carbocycles. The number of aromatic amines is 1. The summed E-state index contributed by atoms with van der Waals surface area (Å²) in [5.74, 6) is 0.0512. The van der Waals surface area contributed by atoms with Crippen LogP contribution < -0.4 is 5.32 Å². The number of halogens is 1. The predicted octanol–water partition coefficient (Wildman–Crippen LogP) is 3.46. The zero-order chi connectivity index (χ0) is 18.7. The number of hydrogen-bond donors (Lipinski definition) is 2. The smallest absolute Gasteiger partial charge is 0.273 e. The number of amides is 2. The van der Waals surface area contributed by atoms with Crippen LogP contribution in [0, 0.1) is 0 Å². The molecule has 3 rings (SSSR count). The highest BCUT2D eigenvalue weighted by atomic mass is 79.9. The molecule has 1 aliphatic heterocycles. The number of H-pyrrole nitrogens is 1. The Kier molecular flexibility index (Phi) is 5.76. The molecule has 138 valence electrons. The van der Waals surface area contributed by atoms with Gasteiger partial charge >= 0.3 is 0 Å². The topological polar surface area (TPSA) is 78.1 Å². The van der Waals surface area contributed by atoms with Crippen molar-refractivity contribution >= 4 is 27.7 Å². The van der Waals surface area contributed by atoms with Crippen molar-refractivity contribution < 1.29 is 9.59 Å². The van der Waals surface area contributed by atoms with Crippen LogP contribution in [0.5, 0.6) is 0 Å². The zero-order valence-corrected chi connectivity index (χ0v) is 16.6. The van der Waals surface area contributed by atoms with Gasteiger partial charge in [0, 0.05) is 25.2 Å². The molecule has 1 aromatic heterocycles. The molecule has 2 N–H and O–H groups in total. The van der Waals surface area contributed by atoms with E-state index < -0.39 is 0 Å². The highest BCUT2D eigenvalue weighted by Crippen LogP contribution is 2.25. The molecule has 1 fully saturated rings. The lowest BCUT2D eigenvalue weighted by Crippen LogP contribution is -2.28. The van der Waals surface area contributed by atoms with Gasteiger partial charge in [0.1, 0.15) is 0 Å². The number of benzene rings is 1. The summed E-state index contributed by atoms with van der Waals surface area (Å²) in [7, 11) is 0. The molecular formula is C19H23BrN4O2. The second-order valence-corrected chi connectivity index (χ2v) is 7.63. The normalized spacial score (nSPS) is 14.1. The molecule has 0 bridgehead atoms. The van der Waals surface area contributed by atoms with E-state index >= 15 is 0 Å². The molecule has 1 aliphatic rings. The molecule has 1 aromatic carbocycles. The first kappa shape index (κ1) is 18.6. The van der Waals surface area contributed by atoms with Crippen LogP contribution in [-0.2, 0) is 6.54 Å². The first-order valence-electron chi connectivity index (χ1n) is 8.87. The Hall–Kier alpha value is -2.15. The first-order valence-corrected chi connectivity index (χ1v) is 9.67. The molecule has 2 aromatic rings. The fourth-order valence-electron chi connectivity index (χ4n) is 3.06. The minimum Gasteiger partial charge on any atom is -0.347 e. The molecule has 1 saturated heterocycles. The van der Waals surface area contributed by atoms with Crippen molar-refractivity contribution in [3.05, 3.63) is 51.3 Å². The van der Waals surface area contributed by atoms with Crippen molar-refractivity contribution in [2.75, 3.05) is 13.1 Å². The molecule has 0 saturated carbocycles.